The number of ether oxygens (including phenoxy) is 1. The highest BCUT2D eigenvalue weighted by Gasteiger charge is 2.21. The lowest BCUT2D eigenvalue weighted by molar-refractivity contribution is 0.102. The summed E-state index contributed by atoms with van der Waals surface area (Å²) in [5, 5.41) is 0. The number of aryl methyl sites for hydroxylation is 2. The van der Waals surface area contributed by atoms with Crippen LogP contribution < -0.4 is 11.2 Å². The number of nitrogens with one attached hydrogen (secondary N) is 1. The highest BCUT2D eigenvalue weighted by molar-refractivity contribution is 6.09. The van der Waals surface area contributed by atoms with Gasteiger partial charge in [-0.15, -0.1) is 0 Å². The average molecular weight is 356 g/mol. The van der Waals surface area contributed by atoms with Gasteiger partial charge in [0, 0.05) is 24.8 Å². The molecule has 0 aliphatic carbocycles. The number of benzene rings is 1. The maximum atomic E-state index is 13.2. The summed E-state index contributed by atoms with van der Waals surface area (Å²) >= 11 is 0. The minimum absolute atomic E-state index is 0.147. The van der Waals surface area contributed by atoms with Crippen molar-refractivity contribution in [3.63, 3.8) is 0 Å². The predicted molar refractivity (Wildman–Crippen MR) is 101 cm³/mol. The van der Waals surface area contributed by atoms with Crippen LogP contribution in [-0.2, 0) is 17.7 Å². The Morgan fingerprint density at radius 1 is 1.15 bits per heavy atom. The molecule has 138 valence electrons. The van der Waals surface area contributed by atoms with E-state index in [0.29, 0.717) is 24.2 Å². The first-order valence-corrected chi connectivity index (χ1v) is 8.52. The number of allylic oxidation sites excluding steroid dienone is 1. The third-order valence-corrected chi connectivity index (χ3v) is 4.07. The molecule has 0 spiro atoms. The maximum absolute atomic E-state index is 13.2. The Morgan fingerprint density at radius 2 is 1.81 bits per heavy atom. The van der Waals surface area contributed by atoms with Gasteiger partial charge in [-0.1, -0.05) is 36.3 Å². The van der Waals surface area contributed by atoms with Crippen LogP contribution in [-0.4, -0.2) is 29.1 Å². The molecule has 0 fully saturated rings. The van der Waals surface area contributed by atoms with Crippen LogP contribution in [0.1, 0.15) is 39.7 Å². The minimum atomic E-state index is -0.595. The number of rotatable bonds is 7. The molecule has 1 aromatic carbocycles. The zero-order valence-corrected chi connectivity index (χ0v) is 15.6. The van der Waals surface area contributed by atoms with Crippen molar-refractivity contribution in [2.75, 3.05) is 13.7 Å². The molecule has 0 amide bonds. The number of methoxy groups -OCH3 is 1. The van der Waals surface area contributed by atoms with Crippen molar-refractivity contribution in [2.24, 2.45) is 0 Å². The molecule has 0 saturated heterocycles. The van der Waals surface area contributed by atoms with Crippen molar-refractivity contribution in [2.45, 2.75) is 33.7 Å². The molecule has 0 radical (unpaired) electrons. The Labute approximate surface area is 152 Å². The number of aromatic nitrogens is 2. The molecule has 2 rings (SSSR count). The van der Waals surface area contributed by atoms with Crippen LogP contribution in [0, 0.1) is 13.8 Å². The molecular formula is C20H24N2O4. The van der Waals surface area contributed by atoms with Crippen LogP contribution >= 0.6 is 0 Å². The fraction of sp³-hybridized carbons (Fsp3) is 0.350. The van der Waals surface area contributed by atoms with Gasteiger partial charge in [-0.3, -0.25) is 19.1 Å². The lowest BCUT2D eigenvalue weighted by atomic mass is 9.99. The smallest absolute Gasteiger partial charge is 0.329 e. The number of hydrogen-bond donors (Lipinski definition) is 1. The molecule has 1 aromatic heterocycles. The lowest BCUT2D eigenvalue weighted by Gasteiger charge is -2.14. The summed E-state index contributed by atoms with van der Waals surface area (Å²) in [4.78, 5) is 40.1. The van der Waals surface area contributed by atoms with Gasteiger partial charge in [-0.2, -0.15) is 0 Å². The number of H-pyrrole nitrogens is 1. The Morgan fingerprint density at radius 3 is 2.38 bits per heavy atom. The molecule has 0 saturated carbocycles. The Balaban J connectivity index is 2.65. The van der Waals surface area contributed by atoms with Gasteiger partial charge in [-0.25, -0.2) is 4.79 Å². The second-order valence-corrected chi connectivity index (χ2v) is 6.18. The average Bonchev–Trinajstić information content (AvgIpc) is 2.58. The molecule has 0 unspecified atom stereocenters. The van der Waals surface area contributed by atoms with Crippen LogP contribution in [0.3, 0.4) is 0 Å². The van der Waals surface area contributed by atoms with Crippen LogP contribution in [0.2, 0.25) is 0 Å². The van der Waals surface area contributed by atoms with Crippen molar-refractivity contribution < 1.29 is 9.53 Å². The van der Waals surface area contributed by atoms with Crippen LogP contribution in [0.15, 0.2) is 39.9 Å². The monoisotopic (exact) mass is 356 g/mol. The molecule has 0 atom stereocenters. The minimum Gasteiger partial charge on any atom is -0.381 e. The second kappa shape index (κ2) is 8.58. The van der Waals surface area contributed by atoms with Gasteiger partial charge in [-0.05, 0) is 32.4 Å². The highest BCUT2D eigenvalue weighted by atomic mass is 16.5. The zero-order valence-electron chi connectivity index (χ0n) is 15.6. The van der Waals surface area contributed by atoms with Gasteiger partial charge in [0.05, 0.1) is 6.61 Å². The molecule has 1 heterocycles. The van der Waals surface area contributed by atoms with Gasteiger partial charge in [0.15, 0.2) is 0 Å². The molecule has 2 aromatic rings. The summed E-state index contributed by atoms with van der Waals surface area (Å²) in [7, 11) is 1.57. The van der Waals surface area contributed by atoms with Crippen LogP contribution in [0.25, 0.3) is 0 Å². The Kier molecular flexibility index (Phi) is 6.46. The Bertz CT molecular complexity index is 931. The lowest BCUT2D eigenvalue weighted by Crippen LogP contribution is -2.37. The summed E-state index contributed by atoms with van der Waals surface area (Å²) in [6.45, 7) is 6.18. The van der Waals surface area contributed by atoms with Gasteiger partial charge < -0.3 is 4.74 Å². The third kappa shape index (κ3) is 4.26. The summed E-state index contributed by atoms with van der Waals surface area (Å²) in [6.07, 6.45) is 3.85. The first kappa shape index (κ1) is 19.6. The number of nitrogens with zero attached hydrogens (tertiary/aromatic N) is 1. The quantitative estimate of drug-likeness (QED) is 0.609. The first-order valence-electron chi connectivity index (χ1n) is 8.52. The van der Waals surface area contributed by atoms with Crippen molar-refractivity contribution in [3.8, 4) is 0 Å². The predicted octanol–water partition coefficient (Wildman–Crippen LogP) is 2.15. The molecule has 26 heavy (non-hydrogen) atoms. The second-order valence-electron chi connectivity index (χ2n) is 6.18. The zero-order chi connectivity index (χ0) is 19.3. The van der Waals surface area contributed by atoms with E-state index in [-0.39, 0.29) is 18.0 Å². The highest BCUT2D eigenvalue weighted by Crippen LogP contribution is 2.15. The number of carbonyl (C=O) groups excluding carboxylic acids is 1. The number of aromatic amines is 1. The number of carbonyl (C=O) groups is 1. The SMILES string of the molecule is CCc1c(C(=O)c2cc(C)cc(C)c2)n(C/C=C/COC)c(=O)[nH]c1=O. The van der Waals surface area contributed by atoms with Crippen molar-refractivity contribution in [1.29, 1.82) is 0 Å². The van der Waals surface area contributed by atoms with E-state index < -0.39 is 11.2 Å². The van der Waals surface area contributed by atoms with E-state index in [1.54, 1.807) is 38.3 Å². The van der Waals surface area contributed by atoms with E-state index in [0.717, 1.165) is 11.1 Å². The van der Waals surface area contributed by atoms with Gasteiger partial charge in [0.2, 0.25) is 5.78 Å². The van der Waals surface area contributed by atoms with E-state index in [2.05, 4.69) is 4.98 Å². The summed E-state index contributed by atoms with van der Waals surface area (Å²) in [5.41, 5.74) is 1.72. The first-order chi connectivity index (χ1) is 12.4. The van der Waals surface area contributed by atoms with Gasteiger partial charge in [0.1, 0.15) is 5.69 Å². The summed E-state index contributed by atoms with van der Waals surface area (Å²) in [5.74, 6) is -0.322. The van der Waals surface area contributed by atoms with Crippen LogP contribution in [0.5, 0.6) is 0 Å². The summed E-state index contributed by atoms with van der Waals surface area (Å²) in [6, 6.07) is 5.51. The molecule has 0 aliphatic rings. The van der Waals surface area contributed by atoms with Crippen LogP contribution in [0.4, 0.5) is 0 Å². The van der Waals surface area contributed by atoms with Gasteiger partial charge >= 0.3 is 5.69 Å². The van der Waals surface area contributed by atoms with Crippen molar-refractivity contribution >= 4 is 5.78 Å². The standard InChI is InChI=1S/C20H24N2O4/c1-5-16-17(18(23)15-11-13(2)10-14(3)12-15)22(8-6-7-9-26-4)20(25)21-19(16)24/h6-7,10-12H,5,8-9H2,1-4H3,(H,21,24,25)/b7-6+. The van der Waals surface area contributed by atoms with E-state index in [9.17, 15) is 14.4 Å². The largest absolute Gasteiger partial charge is 0.381 e. The fourth-order valence-corrected chi connectivity index (χ4v) is 2.96. The normalized spacial score (nSPS) is 11.2. The number of hydrogen-bond acceptors (Lipinski definition) is 4. The van der Waals surface area contributed by atoms with E-state index in [4.69, 9.17) is 4.74 Å². The fourth-order valence-electron chi connectivity index (χ4n) is 2.96. The summed E-state index contributed by atoms with van der Waals surface area (Å²) < 4.78 is 6.26. The number of ketones is 1. The molecule has 0 aliphatic heterocycles. The van der Waals surface area contributed by atoms with E-state index in [1.165, 1.54) is 4.57 Å². The van der Waals surface area contributed by atoms with Crippen molar-refractivity contribution in [3.05, 3.63) is 79.1 Å². The maximum Gasteiger partial charge on any atom is 0.329 e. The molecule has 0 bridgehead atoms. The molecule has 6 nitrogen and oxygen atoms in total. The third-order valence-electron chi connectivity index (χ3n) is 4.07. The Hall–Kier alpha value is -2.73. The van der Waals surface area contributed by atoms with E-state index >= 15 is 0 Å². The molecular weight excluding hydrogens is 332 g/mol. The topological polar surface area (TPSA) is 81.2 Å². The van der Waals surface area contributed by atoms with Gasteiger partial charge in [0.25, 0.3) is 5.56 Å². The molecule has 1 N–H and O–H groups in total. The molecule has 6 heteroatoms. The van der Waals surface area contributed by atoms with E-state index in [1.807, 2.05) is 19.9 Å². The van der Waals surface area contributed by atoms with Crippen molar-refractivity contribution in [1.82, 2.24) is 9.55 Å².